The maximum Gasteiger partial charge on any atom is 0.0863 e. The SMILES string of the molecule is CCN1CCC(C[O])C1. The van der Waals surface area contributed by atoms with Crippen LogP contribution in [0.1, 0.15) is 13.3 Å². The van der Waals surface area contributed by atoms with Gasteiger partial charge in [0.05, 0.1) is 6.61 Å². The van der Waals surface area contributed by atoms with Crippen LogP contribution in [0.2, 0.25) is 0 Å². The van der Waals surface area contributed by atoms with Crippen molar-refractivity contribution in [2.24, 2.45) is 5.92 Å². The molecule has 1 aliphatic rings. The molecule has 1 fully saturated rings. The largest absolute Gasteiger partial charge is 0.303 e. The van der Waals surface area contributed by atoms with E-state index in [0.717, 1.165) is 26.1 Å². The highest BCUT2D eigenvalue weighted by molar-refractivity contribution is 4.73. The Hall–Kier alpha value is -0.0800. The quantitative estimate of drug-likeness (QED) is 0.538. The van der Waals surface area contributed by atoms with Gasteiger partial charge in [0.2, 0.25) is 0 Å². The van der Waals surface area contributed by atoms with Crippen LogP contribution < -0.4 is 0 Å². The van der Waals surface area contributed by atoms with Crippen molar-refractivity contribution < 1.29 is 5.11 Å². The van der Waals surface area contributed by atoms with Crippen LogP contribution in [0.15, 0.2) is 0 Å². The van der Waals surface area contributed by atoms with E-state index in [0.29, 0.717) is 5.92 Å². The van der Waals surface area contributed by atoms with E-state index in [9.17, 15) is 5.11 Å². The first-order chi connectivity index (χ1) is 4.36. The fraction of sp³-hybridized carbons (Fsp3) is 1.00. The zero-order chi connectivity index (χ0) is 6.69. The minimum atomic E-state index is 0.122. The number of likely N-dealkylation sites (tertiary alicyclic amines) is 1. The van der Waals surface area contributed by atoms with Gasteiger partial charge < -0.3 is 4.90 Å². The van der Waals surface area contributed by atoms with Crippen molar-refractivity contribution >= 4 is 0 Å². The maximum absolute atomic E-state index is 10.4. The van der Waals surface area contributed by atoms with Crippen LogP contribution in [0.3, 0.4) is 0 Å². The third-order valence-electron chi connectivity index (χ3n) is 2.05. The van der Waals surface area contributed by atoms with E-state index in [1.165, 1.54) is 0 Å². The monoisotopic (exact) mass is 128 g/mol. The molecule has 1 atom stereocenters. The highest BCUT2D eigenvalue weighted by Gasteiger charge is 2.19. The third-order valence-corrected chi connectivity index (χ3v) is 2.05. The van der Waals surface area contributed by atoms with Crippen molar-refractivity contribution in [2.75, 3.05) is 26.2 Å². The fourth-order valence-corrected chi connectivity index (χ4v) is 1.34. The number of rotatable bonds is 2. The van der Waals surface area contributed by atoms with Crippen LogP contribution in [-0.2, 0) is 5.11 Å². The van der Waals surface area contributed by atoms with Crippen molar-refractivity contribution in [3.05, 3.63) is 0 Å². The summed E-state index contributed by atoms with van der Waals surface area (Å²) in [6.07, 6.45) is 1.12. The predicted octanol–water partition coefficient (Wildman–Crippen LogP) is 0.759. The molecule has 1 saturated heterocycles. The van der Waals surface area contributed by atoms with Gasteiger partial charge in [-0.3, -0.25) is 0 Å². The zero-order valence-electron chi connectivity index (χ0n) is 5.97. The average molecular weight is 128 g/mol. The van der Waals surface area contributed by atoms with Crippen molar-refractivity contribution in [3.63, 3.8) is 0 Å². The smallest absolute Gasteiger partial charge is 0.0863 e. The summed E-state index contributed by atoms with van der Waals surface area (Å²) < 4.78 is 0. The summed E-state index contributed by atoms with van der Waals surface area (Å²) in [5.41, 5.74) is 0. The summed E-state index contributed by atoms with van der Waals surface area (Å²) in [5, 5.41) is 10.4. The van der Waals surface area contributed by atoms with Gasteiger partial charge >= 0.3 is 0 Å². The second-order valence-electron chi connectivity index (χ2n) is 2.71. The molecule has 9 heavy (non-hydrogen) atoms. The van der Waals surface area contributed by atoms with Gasteiger partial charge in [-0.15, -0.1) is 0 Å². The van der Waals surface area contributed by atoms with E-state index in [2.05, 4.69) is 11.8 Å². The molecular weight excluding hydrogens is 114 g/mol. The van der Waals surface area contributed by atoms with Gasteiger partial charge in [-0.25, -0.2) is 5.11 Å². The Labute approximate surface area is 56.5 Å². The normalized spacial score (nSPS) is 29.3. The van der Waals surface area contributed by atoms with Crippen molar-refractivity contribution in [2.45, 2.75) is 13.3 Å². The van der Waals surface area contributed by atoms with Gasteiger partial charge in [-0.2, -0.15) is 0 Å². The van der Waals surface area contributed by atoms with Crippen LogP contribution >= 0.6 is 0 Å². The average Bonchev–Trinajstić information content (AvgIpc) is 2.34. The Balaban J connectivity index is 2.20. The summed E-state index contributed by atoms with van der Waals surface area (Å²) in [4.78, 5) is 2.34. The Morgan fingerprint density at radius 2 is 2.44 bits per heavy atom. The molecule has 0 aromatic carbocycles. The molecule has 1 aliphatic heterocycles. The Morgan fingerprint density at radius 3 is 2.78 bits per heavy atom. The van der Waals surface area contributed by atoms with Crippen LogP contribution in [0.5, 0.6) is 0 Å². The lowest BCUT2D eigenvalue weighted by molar-refractivity contribution is 0.145. The topological polar surface area (TPSA) is 23.1 Å². The first-order valence-electron chi connectivity index (χ1n) is 3.67. The Kier molecular flexibility index (Phi) is 2.49. The number of hydrogen-bond acceptors (Lipinski definition) is 1. The molecule has 0 aromatic rings. The lowest BCUT2D eigenvalue weighted by Gasteiger charge is -2.10. The molecule has 2 heteroatoms. The van der Waals surface area contributed by atoms with Crippen LogP contribution in [-0.4, -0.2) is 31.1 Å². The summed E-state index contributed by atoms with van der Waals surface area (Å²) in [6.45, 7) is 5.56. The van der Waals surface area contributed by atoms with Gasteiger partial charge in [0, 0.05) is 6.54 Å². The summed E-state index contributed by atoms with van der Waals surface area (Å²) >= 11 is 0. The lowest BCUT2D eigenvalue weighted by Crippen LogP contribution is -2.20. The molecule has 0 saturated carbocycles. The molecule has 0 N–H and O–H groups in total. The van der Waals surface area contributed by atoms with E-state index in [1.54, 1.807) is 0 Å². The summed E-state index contributed by atoms with van der Waals surface area (Å²) in [7, 11) is 0. The molecule has 0 aliphatic carbocycles. The molecular formula is C7H14NO. The molecule has 0 aromatic heterocycles. The summed E-state index contributed by atoms with van der Waals surface area (Å²) in [6, 6.07) is 0. The Morgan fingerprint density at radius 1 is 1.67 bits per heavy atom. The second-order valence-corrected chi connectivity index (χ2v) is 2.71. The van der Waals surface area contributed by atoms with Gasteiger partial charge in [-0.1, -0.05) is 6.92 Å². The Bertz CT molecular complexity index is 75.0. The van der Waals surface area contributed by atoms with Gasteiger partial charge in [0.1, 0.15) is 0 Å². The molecule has 1 heterocycles. The minimum Gasteiger partial charge on any atom is -0.303 e. The first-order valence-corrected chi connectivity index (χ1v) is 3.67. The number of nitrogens with zero attached hydrogens (tertiary/aromatic N) is 1. The molecule has 0 bridgehead atoms. The standard InChI is InChI=1S/C7H14NO/c1-2-8-4-3-7(5-8)6-9/h7H,2-6H2,1H3. The third kappa shape index (κ3) is 1.66. The van der Waals surface area contributed by atoms with Crippen molar-refractivity contribution in [3.8, 4) is 0 Å². The van der Waals surface area contributed by atoms with E-state index >= 15 is 0 Å². The van der Waals surface area contributed by atoms with Gasteiger partial charge in [0.25, 0.3) is 0 Å². The van der Waals surface area contributed by atoms with E-state index in [4.69, 9.17) is 0 Å². The first kappa shape index (κ1) is 7.03. The van der Waals surface area contributed by atoms with Crippen molar-refractivity contribution in [1.29, 1.82) is 0 Å². The molecule has 2 nitrogen and oxygen atoms in total. The predicted molar refractivity (Wildman–Crippen MR) is 35.8 cm³/mol. The molecule has 0 spiro atoms. The van der Waals surface area contributed by atoms with Gasteiger partial charge in [-0.05, 0) is 25.4 Å². The zero-order valence-corrected chi connectivity index (χ0v) is 5.97. The molecule has 53 valence electrons. The lowest BCUT2D eigenvalue weighted by atomic mass is 10.1. The van der Waals surface area contributed by atoms with E-state index < -0.39 is 0 Å². The molecule has 1 unspecified atom stereocenters. The van der Waals surface area contributed by atoms with Crippen LogP contribution in [0.25, 0.3) is 0 Å². The second kappa shape index (κ2) is 3.18. The van der Waals surface area contributed by atoms with E-state index in [1.807, 2.05) is 0 Å². The number of hydrogen-bond donors (Lipinski definition) is 0. The summed E-state index contributed by atoms with van der Waals surface area (Å²) in [5.74, 6) is 0.449. The molecule has 1 rings (SSSR count). The van der Waals surface area contributed by atoms with E-state index in [-0.39, 0.29) is 6.61 Å². The van der Waals surface area contributed by atoms with Crippen molar-refractivity contribution in [1.82, 2.24) is 4.90 Å². The molecule has 1 radical (unpaired) electrons. The molecule has 0 amide bonds. The van der Waals surface area contributed by atoms with Gasteiger partial charge in [0.15, 0.2) is 0 Å². The highest BCUT2D eigenvalue weighted by Crippen LogP contribution is 2.14. The van der Waals surface area contributed by atoms with Crippen LogP contribution in [0.4, 0.5) is 0 Å². The van der Waals surface area contributed by atoms with Crippen LogP contribution in [0, 0.1) is 5.92 Å². The fourth-order valence-electron chi connectivity index (χ4n) is 1.34. The highest BCUT2D eigenvalue weighted by atomic mass is 16.3. The maximum atomic E-state index is 10.4. The minimum absolute atomic E-state index is 0.122.